The van der Waals surface area contributed by atoms with Gasteiger partial charge in [0.15, 0.2) is 0 Å². The molecule has 8 nitrogen and oxygen atoms in total. The number of carbonyl (C=O) groups is 1. The van der Waals surface area contributed by atoms with E-state index in [1.807, 2.05) is 0 Å². The Labute approximate surface area is 90.9 Å². The van der Waals surface area contributed by atoms with Crippen molar-refractivity contribution < 1.29 is 27.1 Å². The molecule has 0 aromatic rings. The van der Waals surface area contributed by atoms with Crippen molar-refractivity contribution in [2.45, 2.75) is 17.0 Å². The van der Waals surface area contributed by atoms with Crippen molar-refractivity contribution in [1.82, 2.24) is 0 Å². The Kier molecular flexibility index (Phi) is 6.60. The number of hydrogen-bond acceptors (Lipinski definition) is 7. The predicted octanol–water partition coefficient (Wildman–Crippen LogP) is -2.12. The van der Waals surface area contributed by atoms with Crippen LogP contribution >= 0.6 is 0 Å². The van der Waals surface area contributed by atoms with E-state index in [0.717, 1.165) is 0 Å². The second-order valence-corrected chi connectivity index (χ2v) is 4.67. The highest BCUT2D eigenvalue weighted by atomic mass is 32.2. The first-order valence-electron chi connectivity index (χ1n) is 3.70. The third-order valence-electron chi connectivity index (χ3n) is 1.48. The highest BCUT2D eigenvalue weighted by Crippen LogP contribution is 2.07. The van der Waals surface area contributed by atoms with Crippen LogP contribution in [0.25, 0.3) is 0 Å². The zero-order valence-corrected chi connectivity index (χ0v) is 9.12. The summed E-state index contributed by atoms with van der Waals surface area (Å²) < 4.78 is 46.3. The van der Waals surface area contributed by atoms with Crippen LogP contribution in [0.1, 0.15) is 6.42 Å². The van der Waals surface area contributed by atoms with Crippen LogP contribution in [-0.4, -0.2) is 40.8 Å². The fourth-order valence-electron chi connectivity index (χ4n) is 0.770. The van der Waals surface area contributed by atoms with Crippen molar-refractivity contribution in [3.05, 3.63) is 0 Å². The van der Waals surface area contributed by atoms with Gasteiger partial charge >= 0.3 is 6.09 Å². The molecule has 0 aliphatic carbocycles. The van der Waals surface area contributed by atoms with E-state index in [1.165, 1.54) is 0 Å². The number of ether oxygens (including phenoxy) is 1. The Morgan fingerprint density at radius 2 is 1.87 bits per heavy atom. The van der Waals surface area contributed by atoms with Gasteiger partial charge in [-0.2, -0.15) is 0 Å². The van der Waals surface area contributed by atoms with E-state index in [1.54, 1.807) is 0 Å². The van der Waals surface area contributed by atoms with Gasteiger partial charge in [0.2, 0.25) is 0 Å². The number of hydrogen-bond donors (Lipinski definition) is 2. The Hall–Kier alpha value is -0.550. The molecule has 0 saturated heterocycles. The van der Waals surface area contributed by atoms with E-state index in [-0.39, 0.29) is 13.0 Å². The third-order valence-corrected chi connectivity index (χ3v) is 3.45. The largest absolute Gasteiger partial charge is 0.772 e. The van der Waals surface area contributed by atoms with Gasteiger partial charge in [-0.25, -0.2) is 4.79 Å². The molecule has 0 saturated carbocycles. The van der Waals surface area contributed by atoms with Gasteiger partial charge in [-0.15, -0.1) is 0 Å². The minimum absolute atomic E-state index is 0.228. The molecule has 1 amide bonds. The molecule has 10 heteroatoms. The van der Waals surface area contributed by atoms with Gasteiger partial charge in [0.25, 0.3) is 0 Å². The first kappa shape index (κ1) is 14.5. The molecule has 0 aromatic heterocycles. The van der Waals surface area contributed by atoms with E-state index in [2.05, 4.69) is 10.5 Å². The molecule has 0 rings (SSSR count). The van der Waals surface area contributed by atoms with Gasteiger partial charge in [-0.05, 0) is 28.6 Å². The van der Waals surface area contributed by atoms with E-state index in [9.17, 15) is 22.3 Å². The van der Waals surface area contributed by atoms with Gasteiger partial charge in [-0.3, -0.25) is 8.42 Å². The van der Waals surface area contributed by atoms with Gasteiger partial charge in [0.1, 0.15) is 0 Å². The standard InChI is InChI=1S/C5H12N2O6S2/c6-4(15(11)12)3(14(9)10)1-2-13-5(7)8/h3-4H,1-2,6H2,(H2,7,8)(H,9,10)(H,11,12)/p-2. The lowest BCUT2D eigenvalue weighted by molar-refractivity contribution is 0.154. The van der Waals surface area contributed by atoms with Crippen LogP contribution in [0.4, 0.5) is 4.79 Å². The molecular formula is C5H10N2O6S2-2. The van der Waals surface area contributed by atoms with Crippen molar-refractivity contribution in [2.24, 2.45) is 11.5 Å². The van der Waals surface area contributed by atoms with Crippen LogP contribution in [0.3, 0.4) is 0 Å². The molecule has 0 aliphatic heterocycles. The SMILES string of the molecule is NC(=O)OCCC(C(N)S(=O)[O-])S(=O)[O-]. The monoisotopic (exact) mass is 258 g/mol. The molecule has 0 aromatic carbocycles. The van der Waals surface area contributed by atoms with Crippen LogP contribution in [0.2, 0.25) is 0 Å². The molecule has 0 radical (unpaired) electrons. The van der Waals surface area contributed by atoms with Gasteiger partial charge in [0, 0.05) is 0 Å². The molecule has 15 heavy (non-hydrogen) atoms. The first-order chi connectivity index (χ1) is 6.86. The fourth-order valence-corrected chi connectivity index (χ4v) is 2.21. The molecule has 0 fully saturated rings. The summed E-state index contributed by atoms with van der Waals surface area (Å²) in [6.07, 6.45) is -1.30. The van der Waals surface area contributed by atoms with E-state index >= 15 is 0 Å². The van der Waals surface area contributed by atoms with Gasteiger partial charge in [-0.1, -0.05) is 0 Å². The summed E-state index contributed by atoms with van der Waals surface area (Å²) in [7, 11) is 0. The Morgan fingerprint density at radius 1 is 1.33 bits per heavy atom. The second-order valence-electron chi connectivity index (χ2n) is 2.48. The average molecular weight is 258 g/mol. The first-order valence-corrected chi connectivity index (χ1v) is 5.97. The molecule has 0 bridgehead atoms. The van der Waals surface area contributed by atoms with Crippen LogP contribution < -0.4 is 11.5 Å². The van der Waals surface area contributed by atoms with Crippen molar-refractivity contribution in [3.63, 3.8) is 0 Å². The summed E-state index contributed by atoms with van der Waals surface area (Å²) >= 11 is -5.38. The van der Waals surface area contributed by atoms with Crippen LogP contribution in [-0.2, 0) is 26.9 Å². The highest BCUT2D eigenvalue weighted by molar-refractivity contribution is 7.84. The lowest BCUT2D eigenvalue weighted by Gasteiger charge is -2.27. The van der Waals surface area contributed by atoms with Gasteiger partial charge < -0.3 is 25.3 Å². The zero-order valence-electron chi connectivity index (χ0n) is 7.49. The summed E-state index contributed by atoms with van der Waals surface area (Å²) in [5.74, 6) is 0. The van der Waals surface area contributed by atoms with Crippen molar-refractivity contribution >= 4 is 28.3 Å². The van der Waals surface area contributed by atoms with Crippen LogP contribution in [0.5, 0.6) is 0 Å². The van der Waals surface area contributed by atoms with Crippen molar-refractivity contribution in [1.29, 1.82) is 0 Å². The molecule has 0 heterocycles. The minimum atomic E-state index is -2.71. The maximum atomic E-state index is 10.6. The minimum Gasteiger partial charge on any atom is -0.772 e. The van der Waals surface area contributed by atoms with Gasteiger partial charge in [0.05, 0.1) is 17.2 Å². The summed E-state index contributed by atoms with van der Waals surface area (Å²) in [5.41, 5.74) is 9.72. The van der Waals surface area contributed by atoms with Crippen molar-refractivity contribution in [2.75, 3.05) is 6.61 Å². The molecule has 90 valence electrons. The fraction of sp³-hybridized carbons (Fsp3) is 0.800. The molecular weight excluding hydrogens is 248 g/mol. The maximum absolute atomic E-state index is 10.6. The predicted molar refractivity (Wildman–Crippen MR) is 49.8 cm³/mol. The molecule has 0 aliphatic rings. The lowest BCUT2D eigenvalue weighted by atomic mass is 10.3. The topological polar surface area (TPSA) is 159 Å². The van der Waals surface area contributed by atoms with E-state index in [4.69, 9.17) is 5.73 Å². The number of rotatable bonds is 6. The number of amides is 1. The number of nitrogens with two attached hydrogens (primary N) is 2. The lowest BCUT2D eigenvalue weighted by Crippen LogP contribution is -2.42. The Morgan fingerprint density at radius 3 is 2.20 bits per heavy atom. The Bertz CT molecular complexity index is 272. The third kappa shape index (κ3) is 5.79. The smallest absolute Gasteiger partial charge is 0.404 e. The zero-order chi connectivity index (χ0) is 12.0. The summed E-state index contributed by atoms with van der Waals surface area (Å²) in [6, 6.07) is 0. The molecule has 0 spiro atoms. The summed E-state index contributed by atoms with van der Waals surface area (Å²) in [5, 5.41) is -2.89. The number of carbonyl (C=O) groups excluding carboxylic acids is 1. The normalized spacial score (nSPS) is 18.9. The van der Waals surface area contributed by atoms with E-state index < -0.39 is 38.9 Å². The van der Waals surface area contributed by atoms with Crippen LogP contribution in [0, 0.1) is 0 Å². The molecule has 4 atom stereocenters. The molecule has 4 unspecified atom stereocenters. The average Bonchev–Trinajstić information content (AvgIpc) is 2.10. The quantitative estimate of drug-likeness (QED) is 0.515. The molecule has 4 N–H and O–H groups in total. The summed E-state index contributed by atoms with van der Waals surface area (Å²) in [4.78, 5) is 10.1. The maximum Gasteiger partial charge on any atom is 0.404 e. The Balaban J connectivity index is 4.23. The summed E-state index contributed by atoms with van der Waals surface area (Å²) in [6.45, 7) is -0.307. The van der Waals surface area contributed by atoms with E-state index in [0.29, 0.717) is 0 Å². The second kappa shape index (κ2) is 6.85. The van der Waals surface area contributed by atoms with Crippen molar-refractivity contribution in [3.8, 4) is 0 Å². The van der Waals surface area contributed by atoms with Crippen LogP contribution in [0.15, 0.2) is 0 Å². The number of primary amides is 1. The highest BCUT2D eigenvalue weighted by Gasteiger charge is 2.19.